The van der Waals surface area contributed by atoms with Crippen LogP contribution in [0.25, 0.3) is 0 Å². The Morgan fingerprint density at radius 3 is 2.52 bits per heavy atom. The first-order valence-corrected chi connectivity index (χ1v) is 8.57. The van der Waals surface area contributed by atoms with Gasteiger partial charge in [-0.2, -0.15) is 0 Å². The van der Waals surface area contributed by atoms with E-state index in [9.17, 15) is 9.59 Å². The molecule has 0 atom stereocenters. The van der Waals surface area contributed by atoms with Crippen LogP contribution in [-0.4, -0.2) is 41.2 Å². The maximum absolute atomic E-state index is 12.5. The van der Waals surface area contributed by atoms with Crippen LogP contribution in [0.5, 0.6) is 0 Å². The van der Waals surface area contributed by atoms with E-state index in [0.29, 0.717) is 25.4 Å². The molecule has 4 heteroatoms. The molecule has 0 radical (unpaired) electrons. The van der Waals surface area contributed by atoms with Crippen molar-refractivity contribution in [3.8, 4) is 0 Å². The molecule has 0 unspecified atom stereocenters. The van der Waals surface area contributed by atoms with Gasteiger partial charge >= 0.3 is 0 Å². The van der Waals surface area contributed by atoms with E-state index in [4.69, 9.17) is 0 Å². The molecule has 4 nitrogen and oxygen atoms in total. The second kappa shape index (κ2) is 8.14. The van der Waals surface area contributed by atoms with Crippen LogP contribution in [0.1, 0.15) is 44.7 Å². The van der Waals surface area contributed by atoms with Crippen molar-refractivity contribution in [3.05, 3.63) is 35.4 Å². The minimum Gasteiger partial charge on any atom is -0.342 e. The number of carbonyl (C=O) groups is 2. The number of nitrogens with zero attached hydrogens (tertiary/aromatic N) is 2. The van der Waals surface area contributed by atoms with Crippen molar-refractivity contribution in [2.24, 2.45) is 5.92 Å². The molecule has 0 aromatic heterocycles. The van der Waals surface area contributed by atoms with Crippen molar-refractivity contribution in [1.82, 2.24) is 9.80 Å². The second-order valence-electron chi connectivity index (χ2n) is 6.77. The van der Waals surface area contributed by atoms with E-state index in [1.165, 1.54) is 11.1 Å². The Hall–Kier alpha value is -1.84. The molecule has 2 rings (SSSR count). The summed E-state index contributed by atoms with van der Waals surface area (Å²) >= 11 is 0. The van der Waals surface area contributed by atoms with Crippen LogP contribution in [0.4, 0.5) is 0 Å². The summed E-state index contributed by atoms with van der Waals surface area (Å²) in [5.41, 5.74) is 2.59. The van der Waals surface area contributed by atoms with Crippen molar-refractivity contribution in [3.63, 3.8) is 0 Å². The summed E-state index contributed by atoms with van der Waals surface area (Å²) in [6.45, 7) is 8.62. The van der Waals surface area contributed by atoms with Crippen molar-refractivity contribution in [2.75, 3.05) is 19.6 Å². The highest BCUT2D eigenvalue weighted by molar-refractivity contribution is 5.78. The van der Waals surface area contributed by atoms with Crippen LogP contribution in [0.15, 0.2) is 24.3 Å². The second-order valence-corrected chi connectivity index (χ2v) is 6.77. The zero-order valence-electron chi connectivity index (χ0n) is 14.5. The third-order valence-corrected chi connectivity index (χ3v) is 4.50. The Kier molecular flexibility index (Phi) is 6.20. The van der Waals surface area contributed by atoms with Crippen LogP contribution in [0, 0.1) is 5.92 Å². The molecule has 1 aliphatic rings. The molecule has 1 aromatic rings. The highest BCUT2D eigenvalue weighted by atomic mass is 16.2. The van der Waals surface area contributed by atoms with Crippen LogP contribution in [0.3, 0.4) is 0 Å². The Morgan fingerprint density at radius 2 is 1.87 bits per heavy atom. The molecule has 0 saturated heterocycles. The van der Waals surface area contributed by atoms with Gasteiger partial charge in [0.2, 0.25) is 11.8 Å². The first-order valence-electron chi connectivity index (χ1n) is 8.57. The maximum atomic E-state index is 12.5. The maximum Gasteiger partial charge on any atom is 0.224 e. The molecule has 0 bridgehead atoms. The smallest absolute Gasteiger partial charge is 0.224 e. The molecular formula is C19H28N2O2. The first kappa shape index (κ1) is 17.5. The van der Waals surface area contributed by atoms with E-state index < -0.39 is 0 Å². The van der Waals surface area contributed by atoms with Gasteiger partial charge in [0.05, 0.1) is 0 Å². The molecular weight excluding hydrogens is 288 g/mol. The van der Waals surface area contributed by atoms with Crippen LogP contribution in [-0.2, 0) is 22.6 Å². The summed E-state index contributed by atoms with van der Waals surface area (Å²) in [6, 6.07) is 8.31. The number of carbonyl (C=O) groups excluding carboxylic acids is 2. The van der Waals surface area contributed by atoms with Crippen LogP contribution < -0.4 is 0 Å². The Morgan fingerprint density at radius 1 is 1.17 bits per heavy atom. The standard InChI is InChI=1S/C19H28N2O2/c1-15(2)8-11-20(16(3)22)13-10-19(23)21-12-9-17-6-4-5-7-18(17)14-21/h4-7,15H,8-14H2,1-3H3. The largest absolute Gasteiger partial charge is 0.342 e. The molecule has 1 aliphatic heterocycles. The van der Waals surface area contributed by atoms with Gasteiger partial charge in [0.25, 0.3) is 0 Å². The van der Waals surface area contributed by atoms with Crippen molar-refractivity contribution >= 4 is 11.8 Å². The van der Waals surface area contributed by atoms with Gasteiger partial charge < -0.3 is 9.80 Å². The quantitative estimate of drug-likeness (QED) is 0.810. The van der Waals surface area contributed by atoms with Crippen LogP contribution in [0.2, 0.25) is 0 Å². The lowest BCUT2D eigenvalue weighted by molar-refractivity contribution is -0.134. The molecule has 126 valence electrons. The van der Waals surface area contributed by atoms with Gasteiger partial charge in [-0.15, -0.1) is 0 Å². The van der Waals surface area contributed by atoms with Crippen molar-refractivity contribution < 1.29 is 9.59 Å². The first-order chi connectivity index (χ1) is 11.0. The summed E-state index contributed by atoms with van der Waals surface area (Å²) in [4.78, 5) is 27.9. The monoisotopic (exact) mass is 316 g/mol. The summed E-state index contributed by atoms with van der Waals surface area (Å²) in [5, 5.41) is 0. The summed E-state index contributed by atoms with van der Waals surface area (Å²) in [7, 11) is 0. The number of benzene rings is 1. The van der Waals surface area contributed by atoms with E-state index in [1.54, 1.807) is 11.8 Å². The predicted molar refractivity (Wildman–Crippen MR) is 91.9 cm³/mol. The molecule has 0 aliphatic carbocycles. The lowest BCUT2D eigenvalue weighted by Gasteiger charge is -2.30. The molecule has 0 fully saturated rings. The number of hydrogen-bond acceptors (Lipinski definition) is 2. The van der Waals surface area contributed by atoms with Gasteiger partial charge in [-0.3, -0.25) is 9.59 Å². The molecule has 0 saturated carbocycles. The van der Waals surface area contributed by atoms with Crippen molar-refractivity contribution in [1.29, 1.82) is 0 Å². The van der Waals surface area contributed by atoms with Crippen molar-refractivity contribution in [2.45, 2.75) is 46.6 Å². The summed E-state index contributed by atoms with van der Waals surface area (Å²) < 4.78 is 0. The fourth-order valence-electron chi connectivity index (χ4n) is 2.94. The fourth-order valence-corrected chi connectivity index (χ4v) is 2.94. The number of rotatable bonds is 6. The minimum absolute atomic E-state index is 0.0578. The molecule has 2 amide bonds. The van der Waals surface area contributed by atoms with Gasteiger partial charge in [0.1, 0.15) is 0 Å². The Balaban J connectivity index is 1.85. The molecule has 23 heavy (non-hydrogen) atoms. The molecule has 0 N–H and O–H groups in total. The Labute approximate surface area is 139 Å². The normalized spacial score (nSPS) is 13.8. The number of amides is 2. The topological polar surface area (TPSA) is 40.6 Å². The highest BCUT2D eigenvalue weighted by Gasteiger charge is 2.21. The Bertz CT molecular complexity index is 554. The molecule has 1 heterocycles. The number of hydrogen-bond donors (Lipinski definition) is 0. The van der Waals surface area contributed by atoms with E-state index in [2.05, 4.69) is 32.0 Å². The lowest BCUT2D eigenvalue weighted by Crippen LogP contribution is -2.39. The third-order valence-electron chi connectivity index (χ3n) is 4.50. The minimum atomic E-state index is 0.0578. The van der Waals surface area contributed by atoms with E-state index in [1.807, 2.05) is 11.0 Å². The van der Waals surface area contributed by atoms with Gasteiger partial charge in [-0.25, -0.2) is 0 Å². The van der Waals surface area contributed by atoms with Gasteiger partial charge in [-0.1, -0.05) is 38.1 Å². The predicted octanol–water partition coefficient (Wildman–Crippen LogP) is 2.86. The third kappa shape index (κ3) is 5.08. The number of fused-ring (bicyclic) bond motifs is 1. The fraction of sp³-hybridized carbons (Fsp3) is 0.579. The zero-order valence-corrected chi connectivity index (χ0v) is 14.5. The lowest BCUT2D eigenvalue weighted by atomic mass is 10.00. The molecule has 1 aromatic carbocycles. The SMILES string of the molecule is CC(=O)N(CCC(=O)N1CCc2ccccc2C1)CCC(C)C. The highest BCUT2D eigenvalue weighted by Crippen LogP contribution is 2.19. The van der Waals surface area contributed by atoms with E-state index in [-0.39, 0.29) is 11.8 Å². The summed E-state index contributed by atoms with van der Waals surface area (Å²) in [5.74, 6) is 0.767. The van der Waals surface area contributed by atoms with E-state index in [0.717, 1.165) is 25.9 Å². The average molecular weight is 316 g/mol. The van der Waals surface area contributed by atoms with Crippen LogP contribution >= 0.6 is 0 Å². The van der Waals surface area contributed by atoms with Gasteiger partial charge in [0, 0.05) is 39.5 Å². The van der Waals surface area contributed by atoms with Gasteiger partial charge in [0.15, 0.2) is 0 Å². The zero-order chi connectivity index (χ0) is 16.8. The summed E-state index contributed by atoms with van der Waals surface area (Å²) in [6.07, 6.45) is 2.32. The average Bonchev–Trinajstić information content (AvgIpc) is 2.53. The van der Waals surface area contributed by atoms with Gasteiger partial charge in [-0.05, 0) is 29.9 Å². The molecule has 0 spiro atoms. The van der Waals surface area contributed by atoms with E-state index >= 15 is 0 Å².